The molecule has 2 N–H and O–H groups in total. The van der Waals surface area contributed by atoms with Gasteiger partial charge in [-0.2, -0.15) is 0 Å². The van der Waals surface area contributed by atoms with E-state index < -0.39 is 9.28 Å². The van der Waals surface area contributed by atoms with E-state index in [1.807, 2.05) is 0 Å². The van der Waals surface area contributed by atoms with Crippen LogP contribution in [0, 0.1) is 0 Å². The molecule has 0 aliphatic carbocycles. The van der Waals surface area contributed by atoms with Gasteiger partial charge in [0.1, 0.15) is 0 Å². The van der Waals surface area contributed by atoms with Crippen molar-refractivity contribution < 1.29 is 8.85 Å². The molecule has 0 saturated carbocycles. The van der Waals surface area contributed by atoms with E-state index in [1.54, 1.807) is 14.2 Å². The minimum absolute atomic E-state index is 0.267. The van der Waals surface area contributed by atoms with E-state index in [1.165, 1.54) is 19.3 Å². The first-order chi connectivity index (χ1) is 6.24. The van der Waals surface area contributed by atoms with Crippen molar-refractivity contribution in [3.8, 4) is 0 Å². The Morgan fingerprint density at radius 2 is 1.85 bits per heavy atom. The monoisotopic (exact) mass is 205 g/mol. The van der Waals surface area contributed by atoms with Crippen LogP contribution >= 0.6 is 0 Å². The van der Waals surface area contributed by atoms with Gasteiger partial charge in [0.25, 0.3) is 0 Å². The van der Waals surface area contributed by atoms with E-state index in [2.05, 4.69) is 6.92 Å². The van der Waals surface area contributed by atoms with Crippen LogP contribution in [0.5, 0.6) is 0 Å². The standard InChI is InChI=1S/C9H23NO2Si/c1-4-5-6-7-9(10)8-13(11-2)12-3/h9,13H,4-8,10H2,1-3H3. The molecule has 1 atom stereocenters. The Morgan fingerprint density at radius 1 is 1.23 bits per heavy atom. The van der Waals surface area contributed by atoms with Gasteiger partial charge in [0.15, 0.2) is 0 Å². The van der Waals surface area contributed by atoms with Gasteiger partial charge in [0.2, 0.25) is 0 Å². The maximum absolute atomic E-state index is 5.94. The lowest BCUT2D eigenvalue weighted by Crippen LogP contribution is -2.30. The lowest BCUT2D eigenvalue weighted by atomic mass is 10.1. The summed E-state index contributed by atoms with van der Waals surface area (Å²) in [5.74, 6) is 0. The lowest BCUT2D eigenvalue weighted by molar-refractivity contribution is 0.273. The largest absolute Gasteiger partial charge is 0.400 e. The number of nitrogens with two attached hydrogens (primary N) is 1. The van der Waals surface area contributed by atoms with E-state index in [-0.39, 0.29) is 6.04 Å². The third-order valence-electron chi connectivity index (χ3n) is 2.20. The molecule has 0 aromatic rings. The van der Waals surface area contributed by atoms with Crippen LogP contribution in [0.4, 0.5) is 0 Å². The molecule has 0 spiro atoms. The third-order valence-corrected chi connectivity index (χ3v) is 4.24. The maximum Gasteiger partial charge on any atom is 0.322 e. The highest BCUT2D eigenvalue weighted by atomic mass is 28.3. The lowest BCUT2D eigenvalue weighted by Gasteiger charge is -2.16. The predicted molar refractivity (Wildman–Crippen MR) is 58.1 cm³/mol. The van der Waals surface area contributed by atoms with E-state index in [9.17, 15) is 0 Å². The molecule has 0 aromatic carbocycles. The van der Waals surface area contributed by atoms with Crippen LogP contribution in [-0.4, -0.2) is 29.5 Å². The van der Waals surface area contributed by atoms with Crippen LogP contribution in [0.2, 0.25) is 6.04 Å². The van der Waals surface area contributed by atoms with Crippen molar-refractivity contribution in [2.75, 3.05) is 14.2 Å². The average molecular weight is 205 g/mol. The second-order valence-corrected chi connectivity index (χ2v) is 5.67. The highest BCUT2D eigenvalue weighted by Gasteiger charge is 2.14. The quantitative estimate of drug-likeness (QED) is 0.481. The molecule has 0 amide bonds. The fourth-order valence-electron chi connectivity index (χ4n) is 1.31. The first-order valence-electron chi connectivity index (χ1n) is 5.05. The fourth-order valence-corrected chi connectivity index (χ4v) is 2.62. The molecule has 0 fully saturated rings. The van der Waals surface area contributed by atoms with Gasteiger partial charge in [-0.25, -0.2) is 0 Å². The average Bonchev–Trinajstić information content (AvgIpc) is 2.14. The highest BCUT2D eigenvalue weighted by molar-refractivity contribution is 6.44. The van der Waals surface area contributed by atoms with Gasteiger partial charge in [-0.05, 0) is 6.42 Å². The summed E-state index contributed by atoms with van der Waals surface area (Å²) in [5.41, 5.74) is 5.94. The van der Waals surface area contributed by atoms with E-state index in [4.69, 9.17) is 14.6 Å². The van der Waals surface area contributed by atoms with Crippen molar-refractivity contribution in [2.24, 2.45) is 5.73 Å². The summed E-state index contributed by atoms with van der Waals surface area (Å²) in [6.45, 7) is 2.20. The van der Waals surface area contributed by atoms with Crippen LogP contribution in [0.15, 0.2) is 0 Å². The molecule has 0 heterocycles. The first-order valence-corrected chi connectivity index (χ1v) is 6.81. The molecule has 0 rings (SSSR count). The normalized spacial score (nSPS) is 13.6. The van der Waals surface area contributed by atoms with Crippen molar-refractivity contribution in [3.63, 3.8) is 0 Å². The van der Waals surface area contributed by atoms with Crippen molar-refractivity contribution in [3.05, 3.63) is 0 Å². The van der Waals surface area contributed by atoms with Crippen LogP contribution < -0.4 is 5.73 Å². The summed E-state index contributed by atoms with van der Waals surface area (Å²) in [6.07, 6.45) is 4.86. The molecule has 0 aromatic heterocycles. The molecular formula is C9H23NO2Si. The molecule has 1 unspecified atom stereocenters. The molecule has 80 valence electrons. The molecule has 0 aliphatic heterocycles. The summed E-state index contributed by atoms with van der Waals surface area (Å²) in [6, 6.07) is 1.19. The Balaban J connectivity index is 3.42. The molecule has 0 saturated heterocycles. The zero-order valence-electron chi connectivity index (χ0n) is 9.08. The number of hydrogen-bond acceptors (Lipinski definition) is 3. The molecule has 0 aliphatic rings. The number of unbranched alkanes of at least 4 members (excludes halogenated alkanes) is 2. The van der Waals surface area contributed by atoms with Gasteiger partial charge in [0.05, 0.1) is 0 Å². The van der Waals surface area contributed by atoms with E-state index in [0.29, 0.717) is 0 Å². The van der Waals surface area contributed by atoms with Gasteiger partial charge >= 0.3 is 9.28 Å². The van der Waals surface area contributed by atoms with Crippen molar-refractivity contribution in [2.45, 2.75) is 44.7 Å². The van der Waals surface area contributed by atoms with Gasteiger partial charge in [-0.1, -0.05) is 26.2 Å². The molecule has 4 heteroatoms. The van der Waals surface area contributed by atoms with Crippen LogP contribution in [0.1, 0.15) is 32.6 Å². The van der Waals surface area contributed by atoms with E-state index in [0.717, 1.165) is 12.5 Å². The van der Waals surface area contributed by atoms with Gasteiger partial charge in [-0.15, -0.1) is 0 Å². The topological polar surface area (TPSA) is 44.5 Å². The smallest absolute Gasteiger partial charge is 0.322 e. The molecule has 0 bridgehead atoms. The van der Waals surface area contributed by atoms with Crippen molar-refractivity contribution in [1.82, 2.24) is 0 Å². The predicted octanol–water partition coefficient (Wildman–Crippen LogP) is 1.41. The van der Waals surface area contributed by atoms with Crippen molar-refractivity contribution >= 4 is 9.28 Å². The minimum atomic E-state index is -1.43. The van der Waals surface area contributed by atoms with E-state index >= 15 is 0 Å². The Labute approximate surface area is 83.5 Å². The molecule has 3 nitrogen and oxygen atoms in total. The Bertz CT molecular complexity index is 110. The van der Waals surface area contributed by atoms with Crippen LogP contribution in [-0.2, 0) is 8.85 Å². The molecule has 0 radical (unpaired) electrons. The minimum Gasteiger partial charge on any atom is -0.400 e. The SMILES string of the molecule is CCCCCC(N)C[SiH](OC)OC. The zero-order chi connectivity index (χ0) is 10.1. The summed E-state index contributed by atoms with van der Waals surface area (Å²) in [7, 11) is 1.99. The zero-order valence-corrected chi connectivity index (χ0v) is 10.2. The Morgan fingerprint density at radius 3 is 2.31 bits per heavy atom. The van der Waals surface area contributed by atoms with Gasteiger partial charge in [-0.3, -0.25) is 0 Å². The Hall–Kier alpha value is 0.0969. The first kappa shape index (κ1) is 13.1. The number of hydrogen-bond donors (Lipinski definition) is 1. The van der Waals surface area contributed by atoms with Gasteiger partial charge < -0.3 is 14.6 Å². The molecule has 13 heavy (non-hydrogen) atoms. The van der Waals surface area contributed by atoms with Gasteiger partial charge in [0, 0.05) is 26.3 Å². The van der Waals surface area contributed by atoms with Crippen LogP contribution in [0.25, 0.3) is 0 Å². The molecular weight excluding hydrogens is 182 g/mol. The summed E-state index contributed by atoms with van der Waals surface area (Å²) < 4.78 is 10.4. The summed E-state index contributed by atoms with van der Waals surface area (Å²) in [5, 5.41) is 0. The third kappa shape index (κ3) is 7.19. The second kappa shape index (κ2) is 8.68. The highest BCUT2D eigenvalue weighted by Crippen LogP contribution is 2.07. The second-order valence-electron chi connectivity index (χ2n) is 3.39. The summed E-state index contributed by atoms with van der Waals surface area (Å²) in [4.78, 5) is 0. The number of rotatable bonds is 8. The Kier molecular flexibility index (Phi) is 8.75. The fraction of sp³-hybridized carbons (Fsp3) is 1.00. The van der Waals surface area contributed by atoms with Crippen LogP contribution in [0.3, 0.4) is 0 Å². The van der Waals surface area contributed by atoms with Crippen molar-refractivity contribution in [1.29, 1.82) is 0 Å². The summed E-state index contributed by atoms with van der Waals surface area (Å²) >= 11 is 0. The maximum atomic E-state index is 5.94.